The van der Waals surface area contributed by atoms with E-state index in [1.165, 1.54) is 31.0 Å². The van der Waals surface area contributed by atoms with E-state index in [0.717, 1.165) is 12.8 Å². The van der Waals surface area contributed by atoms with Gasteiger partial charge in [0.15, 0.2) is 5.16 Å². The first-order chi connectivity index (χ1) is 14.5. The van der Waals surface area contributed by atoms with E-state index in [0.29, 0.717) is 53.2 Å². The third-order valence-electron chi connectivity index (χ3n) is 5.61. The molecular formula is C22H30ClN3O3S. The number of methoxy groups -OCH3 is 1. The Labute approximate surface area is 186 Å². The minimum Gasteiger partial charge on any atom is -0.385 e. The highest BCUT2D eigenvalue weighted by molar-refractivity contribution is 7.99. The summed E-state index contributed by atoms with van der Waals surface area (Å²) in [6, 6.07) is 5.45. The van der Waals surface area contributed by atoms with E-state index >= 15 is 0 Å². The van der Waals surface area contributed by atoms with Crippen molar-refractivity contribution in [3.8, 4) is 0 Å². The number of thioether (sulfide) groups is 1. The number of hydrogen-bond donors (Lipinski definition) is 0. The molecule has 0 spiro atoms. The summed E-state index contributed by atoms with van der Waals surface area (Å²) in [7, 11) is 1.64. The molecule has 1 amide bonds. The van der Waals surface area contributed by atoms with E-state index in [9.17, 15) is 9.59 Å². The second kappa shape index (κ2) is 11.2. The van der Waals surface area contributed by atoms with E-state index in [2.05, 4.69) is 4.98 Å². The molecule has 3 rings (SSSR count). The van der Waals surface area contributed by atoms with Crippen LogP contribution in [0.1, 0.15) is 45.4 Å². The number of ether oxygens (including phenoxy) is 1. The molecule has 2 aromatic rings. The Morgan fingerprint density at radius 2 is 2.10 bits per heavy atom. The van der Waals surface area contributed by atoms with Crippen LogP contribution >= 0.6 is 23.4 Å². The lowest BCUT2D eigenvalue weighted by molar-refractivity contribution is -0.131. The molecule has 0 bridgehead atoms. The van der Waals surface area contributed by atoms with Gasteiger partial charge in [0.05, 0.1) is 16.7 Å². The molecule has 1 aromatic heterocycles. The zero-order valence-electron chi connectivity index (χ0n) is 17.7. The average molecular weight is 452 g/mol. The normalized spacial score (nSPS) is 14.9. The predicted octanol–water partition coefficient (Wildman–Crippen LogP) is 4.36. The van der Waals surface area contributed by atoms with Crippen LogP contribution in [0.25, 0.3) is 10.9 Å². The lowest BCUT2D eigenvalue weighted by atomic mass is 9.94. The molecule has 1 fully saturated rings. The number of fused-ring (bicyclic) bond motifs is 1. The van der Waals surface area contributed by atoms with Gasteiger partial charge in [0.25, 0.3) is 5.56 Å². The summed E-state index contributed by atoms with van der Waals surface area (Å²) >= 11 is 7.44. The first-order valence-corrected chi connectivity index (χ1v) is 12.0. The van der Waals surface area contributed by atoms with Gasteiger partial charge in [-0.1, -0.05) is 42.6 Å². The maximum Gasteiger partial charge on any atom is 0.262 e. The Balaban J connectivity index is 1.82. The van der Waals surface area contributed by atoms with Crippen LogP contribution in [-0.2, 0) is 16.1 Å². The second-order valence-corrected chi connectivity index (χ2v) is 9.00. The van der Waals surface area contributed by atoms with Crippen molar-refractivity contribution < 1.29 is 9.53 Å². The van der Waals surface area contributed by atoms with Crippen LogP contribution in [0.15, 0.2) is 28.2 Å². The fraction of sp³-hybridized carbons (Fsp3) is 0.591. The monoisotopic (exact) mass is 451 g/mol. The molecule has 30 heavy (non-hydrogen) atoms. The number of nitrogens with zero attached hydrogens (tertiary/aromatic N) is 3. The summed E-state index contributed by atoms with van der Waals surface area (Å²) in [5.74, 6) is 0.380. The molecule has 1 heterocycles. The quantitative estimate of drug-likeness (QED) is 0.322. The summed E-state index contributed by atoms with van der Waals surface area (Å²) in [5, 5.41) is 1.62. The van der Waals surface area contributed by atoms with Crippen molar-refractivity contribution in [3.05, 3.63) is 33.6 Å². The lowest BCUT2D eigenvalue weighted by Gasteiger charge is -2.33. The van der Waals surface area contributed by atoms with Crippen molar-refractivity contribution in [2.24, 2.45) is 0 Å². The van der Waals surface area contributed by atoms with Gasteiger partial charge in [0.2, 0.25) is 5.91 Å². The van der Waals surface area contributed by atoms with Gasteiger partial charge >= 0.3 is 0 Å². The van der Waals surface area contributed by atoms with Crippen molar-refractivity contribution in [3.63, 3.8) is 0 Å². The molecule has 1 aromatic carbocycles. The fourth-order valence-electron chi connectivity index (χ4n) is 4.09. The maximum absolute atomic E-state index is 13.1. The van der Waals surface area contributed by atoms with Gasteiger partial charge < -0.3 is 9.64 Å². The highest BCUT2D eigenvalue weighted by Crippen LogP contribution is 2.25. The minimum atomic E-state index is -0.109. The SMILES string of the molecule is CCN(C(=O)CSc1nc2cc(Cl)ccc2c(=O)n1CCCOC)C1CCCCC1. The number of aromatic nitrogens is 2. The molecule has 164 valence electrons. The molecule has 6 nitrogen and oxygen atoms in total. The zero-order valence-corrected chi connectivity index (χ0v) is 19.3. The summed E-state index contributed by atoms with van der Waals surface area (Å²) in [6.07, 6.45) is 6.49. The Bertz CT molecular complexity index is 928. The van der Waals surface area contributed by atoms with E-state index < -0.39 is 0 Å². The molecular weight excluding hydrogens is 422 g/mol. The van der Waals surface area contributed by atoms with Crippen LogP contribution in [0.2, 0.25) is 5.02 Å². The van der Waals surface area contributed by atoms with Gasteiger partial charge in [0.1, 0.15) is 0 Å². The van der Waals surface area contributed by atoms with Crippen LogP contribution < -0.4 is 5.56 Å². The molecule has 0 N–H and O–H groups in total. The Morgan fingerprint density at radius 3 is 2.80 bits per heavy atom. The smallest absolute Gasteiger partial charge is 0.262 e. The number of carbonyl (C=O) groups is 1. The van der Waals surface area contributed by atoms with Gasteiger partial charge in [-0.15, -0.1) is 0 Å². The van der Waals surface area contributed by atoms with E-state index in [1.54, 1.807) is 29.9 Å². The van der Waals surface area contributed by atoms with Gasteiger partial charge in [-0.2, -0.15) is 0 Å². The Kier molecular flexibility index (Phi) is 8.60. The molecule has 0 atom stereocenters. The van der Waals surface area contributed by atoms with Gasteiger partial charge in [-0.05, 0) is 44.4 Å². The van der Waals surface area contributed by atoms with E-state index in [1.807, 2.05) is 11.8 Å². The maximum atomic E-state index is 13.1. The molecule has 0 radical (unpaired) electrons. The summed E-state index contributed by atoms with van der Waals surface area (Å²) in [4.78, 5) is 32.7. The largest absolute Gasteiger partial charge is 0.385 e. The summed E-state index contributed by atoms with van der Waals surface area (Å²) in [6.45, 7) is 3.80. The first kappa shape index (κ1) is 23.1. The molecule has 1 aliphatic carbocycles. The second-order valence-electron chi connectivity index (χ2n) is 7.62. The number of halogens is 1. The number of carbonyl (C=O) groups excluding carboxylic acids is 1. The van der Waals surface area contributed by atoms with Crippen LogP contribution in [0.5, 0.6) is 0 Å². The van der Waals surface area contributed by atoms with Crippen molar-refractivity contribution in [1.82, 2.24) is 14.5 Å². The standard InChI is InChI=1S/C22H30ClN3O3S/c1-3-25(17-8-5-4-6-9-17)20(27)15-30-22-24-19-14-16(23)10-11-18(19)21(28)26(22)12-7-13-29-2/h10-11,14,17H,3-9,12-13,15H2,1-2H3. The highest BCUT2D eigenvalue weighted by atomic mass is 35.5. The van der Waals surface area contributed by atoms with Crippen LogP contribution in [0, 0.1) is 0 Å². The minimum absolute atomic E-state index is 0.109. The highest BCUT2D eigenvalue weighted by Gasteiger charge is 2.24. The third-order valence-corrected chi connectivity index (χ3v) is 6.81. The number of rotatable bonds is 9. The summed E-state index contributed by atoms with van der Waals surface area (Å²) in [5.41, 5.74) is 0.451. The topological polar surface area (TPSA) is 64.4 Å². The lowest BCUT2D eigenvalue weighted by Crippen LogP contribution is -2.42. The van der Waals surface area contributed by atoms with Gasteiger partial charge in [-0.25, -0.2) is 4.98 Å². The Hall–Kier alpha value is -1.57. The predicted molar refractivity (Wildman–Crippen MR) is 122 cm³/mol. The Morgan fingerprint density at radius 1 is 1.33 bits per heavy atom. The molecule has 8 heteroatoms. The summed E-state index contributed by atoms with van der Waals surface area (Å²) < 4.78 is 6.79. The van der Waals surface area contributed by atoms with Crippen molar-refractivity contribution in [1.29, 1.82) is 0 Å². The molecule has 1 saturated carbocycles. The average Bonchev–Trinajstić information content (AvgIpc) is 2.75. The number of benzene rings is 1. The number of hydrogen-bond acceptors (Lipinski definition) is 5. The third kappa shape index (κ3) is 5.56. The van der Waals surface area contributed by atoms with Crippen LogP contribution in [0.4, 0.5) is 0 Å². The van der Waals surface area contributed by atoms with Crippen LogP contribution in [-0.4, -0.2) is 52.4 Å². The van der Waals surface area contributed by atoms with Crippen LogP contribution in [0.3, 0.4) is 0 Å². The molecule has 0 saturated heterocycles. The van der Waals surface area contributed by atoms with Crippen molar-refractivity contribution >= 4 is 40.2 Å². The van der Waals surface area contributed by atoms with Gasteiger partial charge in [0, 0.05) is 37.9 Å². The molecule has 0 unspecified atom stereocenters. The molecule has 1 aliphatic rings. The fourth-order valence-corrected chi connectivity index (χ4v) is 5.17. The zero-order chi connectivity index (χ0) is 21.5. The van der Waals surface area contributed by atoms with E-state index in [-0.39, 0.29) is 17.2 Å². The van der Waals surface area contributed by atoms with Gasteiger partial charge in [-0.3, -0.25) is 14.2 Å². The van der Waals surface area contributed by atoms with Crippen molar-refractivity contribution in [2.45, 2.75) is 63.2 Å². The number of amides is 1. The van der Waals surface area contributed by atoms with E-state index in [4.69, 9.17) is 16.3 Å². The van der Waals surface area contributed by atoms with Crippen molar-refractivity contribution in [2.75, 3.05) is 26.0 Å². The first-order valence-electron chi connectivity index (χ1n) is 10.7. The molecule has 0 aliphatic heterocycles.